The smallest absolute Gasteiger partial charge is 0.371 e. The van der Waals surface area contributed by atoms with E-state index < -0.39 is 10.9 Å². The van der Waals surface area contributed by atoms with Gasteiger partial charge in [0, 0.05) is 17.0 Å². The molecule has 0 aliphatic rings. The van der Waals surface area contributed by atoms with Crippen LogP contribution < -0.4 is 0 Å². The number of nitrogens with zero attached hydrogens (tertiary/aromatic N) is 1. The Kier molecular flexibility index (Phi) is 4.09. The number of furan rings is 1. The zero-order valence-corrected chi connectivity index (χ0v) is 11.3. The van der Waals surface area contributed by atoms with Gasteiger partial charge in [0.25, 0.3) is 5.69 Å². The van der Waals surface area contributed by atoms with Crippen molar-refractivity contribution < 1.29 is 19.2 Å². The Morgan fingerprint density at radius 1 is 1.30 bits per heavy atom. The molecule has 1 atom stereocenters. The molecule has 2 aromatic rings. The minimum absolute atomic E-state index is 0.0353. The van der Waals surface area contributed by atoms with Gasteiger partial charge in [-0.3, -0.25) is 10.1 Å². The molecule has 0 saturated heterocycles. The molecule has 2 rings (SSSR count). The maximum Gasteiger partial charge on any atom is 0.371 e. The van der Waals surface area contributed by atoms with Crippen molar-refractivity contribution in [3.05, 3.63) is 58.0 Å². The Balaban J connectivity index is 2.08. The summed E-state index contributed by atoms with van der Waals surface area (Å²) < 4.78 is 5.21. The molecule has 0 aliphatic heterocycles. The van der Waals surface area contributed by atoms with Crippen LogP contribution in [0.2, 0.25) is 0 Å². The molecular formula is C13H11NO5S. The molecule has 104 valence electrons. The summed E-state index contributed by atoms with van der Waals surface area (Å²) in [5.74, 6) is -0.661. The lowest BCUT2D eigenvalue weighted by molar-refractivity contribution is -0.384. The summed E-state index contributed by atoms with van der Waals surface area (Å²) in [5.41, 5.74) is 0.0353. The highest BCUT2D eigenvalue weighted by Crippen LogP contribution is 2.36. The SMILES string of the molecule is CC(Sc1ccc([N+](=O)[O-])cc1)c1ccc(C(=O)O)o1. The van der Waals surface area contributed by atoms with Crippen molar-refractivity contribution >= 4 is 23.4 Å². The highest BCUT2D eigenvalue weighted by Gasteiger charge is 2.15. The highest BCUT2D eigenvalue weighted by atomic mass is 32.2. The van der Waals surface area contributed by atoms with Gasteiger partial charge in [-0.25, -0.2) is 4.79 Å². The lowest BCUT2D eigenvalue weighted by Crippen LogP contribution is -1.92. The van der Waals surface area contributed by atoms with Crippen LogP contribution in [0.15, 0.2) is 45.7 Å². The number of carbonyl (C=O) groups is 1. The highest BCUT2D eigenvalue weighted by molar-refractivity contribution is 7.99. The van der Waals surface area contributed by atoms with Gasteiger partial charge in [0.1, 0.15) is 5.76 Å². The Hall–Kier alpha value is -2.28. The second-order valence-corrected chi connectivity index (χ2v) is 5.43. The monoisotopic (exact) mass is 293 g/mol. The maximum absolute atomic E-state index is 10.7. The summed E-state index contributed by atoms with van der Waals surface area (Å²) in [6, 6.07) is 9.19. The first-order valence-corrected chi connectivity index (χ1v) is 6.59. The van der Waals surface area contributed by atoms with E-state index in [0.29, 0.717) is 5.76 Å². The van der Waals surface area contributed by atoms with Crippen molar-refractivity contribution in [1.29, 1.82) is 0 Å². The van der Waals surface area contributed by atoms with Gasteiger partial charge < -0.3 is 9.52 Å². The molecule has 0 bridgehead atoms. The third-order valence-corrected chi connectivity index (χ3v) is 3.73. The van der Waals surface area contributed by atoms with Crippen molar-refractivity contribution in [3.63, 3.8) is 0 Å². The Labute approximate surface area is 118 Å². The molecule has 7 heteroatoms. The van der Waals surface area contributed by atoms with E-state index in [1.807, 2.05) is 6.92 Å². The lowest BCUT2D eigenvalue weighted by Gasteiger charge is -2.07. The molecule has 0 amide bonds. The van der Waals surface area contributed by atoms with Gasteiger partial charge in [-0.05, 0) is 31.2 Å². The van der Waals surface area contributed by atoms with Crippen molar-refractivity contribution in [3.8, 4) is 0 Å². The van der Waals surface area contributed by atoms with Crippen LogP contribution in [0.25, 0.3) is 0 Å². The second kappa shape index (κ2) is 5.79. The number of hydrogen-bond donors (Lipinski definition) is 1. The summed E-state index contributed by atoms with van der Waals surface area (Å²) in [7, 11) is 0. The average molecular weight is 293 g/mol. The number of benzene rings is 1. The van der Waals surface area contributed by atoms with Crippen LogP contribution in [0.1, 0.15) is 28.5 Å². The van der Waals surface area contributed by atoms with Gasteiger partial charge in [0.05, 0.1) is 10.2 Å². The summed E-state index contributed by atoms with van der Waals surface area (Å²) in [5, 5.41) is 19.2. The van der Waals surface area contributed by atoms with Crippen LogP contribution in [0, 0.1) is 10.1 Å². The first kappa shape index (κ1) is 14.1. The zero-order valence-electron chi connectivity index (χ0n) is 10.5. The van der Waals surface area contributed by atoms with Gasteiger partial charge in [0.15, 0.2) is 0 Å². The summed E-state index contributed by atoms with van der Waals surface area (Å²) in [6.45, 7) is 1.87. The van der Waals surface area contributed by atoms with Crippen LogP contribution in [0.5, 0.6) is 0 Å². The van der Waals surface area contributed by atoms with Crippen LogP contribution in [-0.4, -0.2) is 16.0 Å². The molecule has 0 radical (unpaired) electrons. The number of carboxylic acid groups (broad SMARTS) is 1. The van der Waals surface area contributed by atoms with Gasteiger partial charge in [-0.2, -0.15) is 0 Å². The third kappa shape index (κ3) is 3.18. The van der Waals surface area contributed by atoms with E-state index >= 15 is 0 Å². The largest absolute Gasteiger partial charge is 0.475 e. The normalized spacial score (nSPS) is 12.1. The van der Waals surface area contributed by atoms with E-state index in [1.54, 1.807) is 18.2 Å². The molecular weight excluding hydrogens is 282 g/mol. The fraction of sp³-hybridized carbons (Fsp3) is 0.154. The van der Waals surface area contributed by atoms with Crippen LogP contribution >= 0.6 is 11.8 Å². The number of carboxylic acids is 1. The minimum atomic E-state index is -1.11. The Morgan fingerprint density at radius 3 is 2.45 bits per heavy atom. The summed E-state index contributed by atoms with van der Waals surface area (Å²) in [4.78, 5) is 21.7. The fourth-order valence-corrected chi connectivity index (χ4v) is 2.54. The fourth-order valence-electron chi connectivity index (χ4n) is 1.59. The van der Waals surface area contributed by atoms with Gasteiger partial charge >= 0.3 is 5.97 Å². The van der Waals surface area contributed by atoms with Crippen LogP contribution in [0.3, 0.4) is 0 Å². The van der Waals surface area contributed by atoms with Gasteiger partial charge in [-0.1, -0.05) is 0 Å². The number of aromatic carboxylic acids is 1. The summed E-state index contributed by atoms with van der Waals surface area (Å²) in [6.07, 6.45) is 0. The molecule has 20 heavy (non-hydrogen) atoms. The number of nitro groups is 1. The first-order valence-electron chi connectivity index (χ1n) is 5.71. The molecule has 6 nitrogen and oxygen atoms in total. The van der Waals surface area contributed by atoms with Gasteiger partial charge in [-0.15, -0.1) is 11.8 Å². The quantitative estimate of drug-likeness (QED) is 0.512. The lowest BCUT2D eigenvalue weighted by atomic mass is 10.3. The van der Waals surface area contributed by atoms with E-state index in [0.717, 1.165) is 4.90 Å². The molecule has 1 aromatic heterocycles. The van der Waals surface area contributed by atoms with E-state index in [4.69, 9.17) is 9.52 Å². The van der Waals surface area contributed by atoms with Crippen molar-refractivity contribution in [1.82, 2.24) is 0 Å². The molecule has 1 heterocycles. The predicted molar refractivity (Wildman–Crippen MR) is 73.0 cm³/mol. The number of hydrogen-bond acceptors (Lipinski definition) is 5. The van der Waals surface area contributed by atoms with E-state index in [9.17, 15) is 14.9 Å². The number of rotatable bonds is 5. The minimum Gasteiger partial charge on any atom is -0.475 e. The number of thioether (sulfide) groups is 1. The first-order chi connectivity index (χ1) is 9.47. The van der Waals surface area contributed by atoms with Gasteiger partial charge in [0.2, 0.25) is 5.76 Å². The van der Waals surface area contributed by atoms with E-state index in [2.05, 4.69) is 0 Å². The van der Waals surface area contributed by atoms with Crippen molar-refractivity contribution in [2.45, 2.75) is 17.1 Å². The molecule has 0 spiro atoms. The van der Waals surface area contributed by atoms with Crippen molar-refractivity contribution in [2.75, 3.05) is 0 Å². The van der Waals surface area contributed by atoms with E-state index in [-0.39, 0.29) is 16.7 Å². The van der Waals surface area contributed by atoms with Crippen LogP contribution in [0.4, 0.5) is 5.69 Å². The Morgan fingerprint density at radius 2 is 1.95 bits per heavy atom. The molecule has 0 aliphatic carbocycles. The predicted octanol–water partition coefficient (Wildman–Crippen LogP) is 3.74. The maximum atomic E-state index is 10.7. The average Bonchev–Trinajstić information content (AvgIpc) is 2.89. The molecule has 1 N–H and O–H groups in total. The molecule has 0 saturated carbocycles. The van der Waals surface area contributed by atoms with Crippen molar-refractivity contribution in [2.24, 2.45) is 0 Å². The third-order valence-electron chi connectivity index (χ3n) is 2.60. The standard InChI is InChI=1S/C13H11NO5S/c1-8(11-6-7-12(19-11)13(15)16)20-10-4-2-9(3-5-10)14(17)18/h2-8H,1H3,(H,15,16). The van der Waals surface area contributed by atoms with E-state index in [1.165, 1.54) is 30.0 Å². The number of nitro benzene ring substituents is 1. The second-order valence-electron chi connectivity index (χ2n) is 4.02. The Bertz CT molecular complexity index is 634. The summed E-state index contributed by atoms with van der Waals surface area (Å²) >= 11 is 1.43. The zero-order chi connectivity index (χ0) is 14.7. The molecule has 0 fully saturated rings. The molecule has 1 aromatic carbocycles. The topological polar surface area (TPSA) is 93.6 Å². The number of non-ortho nitro benzene ring substituents is 1. The van der Waals surface area contributed by atoms with Crippen LogP contribution in [-0.2, 0) is 0 Å². The molecule has 1 unspecified atom stereocenters.